The maximum Gasteiger partial charge on any atom is 0.135 e. The second kappa shape index (κ2) is 2.49. The Morgan fingerprint density at radius 1 is 1.36 bits per heavy atom. The first-order chi connectivity index (χ1) is 5.00. The lowest BCUT2D eigenvalue weighted by Gasteiger charge is -2.15. The van der Waals surface area contributed by atoms with E-state index < -0.39 is 0 Å². The highest BCUT2D eigenvalue weighted by Crippen LogP contribution is 2.17. The van der Waals surface area contributed by atoms with Gasteiger partial charge in [-0.15, -0.1) is 0 Å². The van der Waals surface area contributed by atoms with Crippen molar-refractivity contribution in [3.8, 4) is 0 Å². The van der Waals surface area contributed by atoms with Gasteiger partial charge in [-0.25, -0.2) is 9.97 Å². The summed E-state index contributed by atoms with van der Waals surface area (Å²) in [5, 5.41) is 0. The van der Waals surface area contributed by atoms with Crippen LogP contribution in [-0.2, 0) is 5.41 Å². The van der Waals surface area contributed by atoms with Crippen LogP contribution < -0.4 is 5.73 Å². The molecule has 1 heterocycles. The van der Waals surface area contributed by atoms with Crippen molar-refractivity contribution in [2.24, 2.45) is 0 Å². The number of rotatable bonds is 0. The molecule has 0 bridgehead atoms. The molecule has 60 valence electrons. The lowest BCUT2D eigenvalue weighted by molar-refractivity contribution is 0.546. The summed E-state index contributed by atoms with van der Waals surface area (Å²) in [4.78, 5) is 8.23. The molecule has 0 radical (unpaired) electrons. The molecule has 11 heavy (non-hydrogen) atoms. The van der Waals surface area contributed by atoms with Gasteiger partial charge in [0.15, 0.2) is 0 Å². The van der Waals surface area contributed by atoms with Crippen molar-refractivity contribution in [1.29, 1.82) is 0 Å². The van der Waals surface area contributed by atoms with Gasteiger partial charge < -0.3 is 5.73 Å². The van der Waals surface area contributed by atoms with Gasteiger partial charge in [0.1, 0.15) is 11.6 Å². The Bertz CT molecular complexity index is 250. The SMILES string of the molecule is CC(C)(C)c1nccc(N)n1. The van der Waals surface area contributed by atoms with Crippen LogP contribution in [0.1, 0.15) is 26.6 Å². The molecule has 0 unspecified atom stereocenters. The van der Waals surface area contributed by atoms with E-state index in [0.29, 0.717) is 5.82 Å². The van der Waals surface area contributed by atoms with E-state index in [1.165, 1.54) is 0 Å². The van der Waals surface area contributed by atoms with Gasteiger partial charge >= 0.3 is 0 Å². The van der Waals surface area contributed by atoms with Crippen LogP contribution in [0.2, 0.25) is 0 Å². The fourth-order valence-electron chi connectivity index (χ4n) is 0.734. The van der Waals surface area contributed by atoms with E-state index in [9.17, 15) is 0 Å². The van der Waals surface area contributed by atoms with E-state index in [4.69, 9.17) is 5.73 Å². The van der Waals surface area contributed by atoms with Crippen molar-refractivity contribution < 1.29 is 0 Å². The van der Waals surface area contributed by atoms with Gasteiger partial charge in [-0.05, 0) is 6.07 Å². The third-order valence-electron chi connectivity index (χ3n) is 1.35. The zero-order chi connectivity index (χ0) is 8.48. The molecule has 1 aromatic rings. The second-order valence-electron chi connectivity index (χ2n) is 3.56. The highest BCUT2D eigenvalue weighted by Gasteiger charge is 2.16. The highest BCUT2D eigenvalue weighted by molar-refractivity contribution is 5.26. The third kappa shape index (κ3) is 1.90. The number of hydrogen-bond donors (Lipinski definition) is 1. The van der Waals surface area contributed by atoms with Crippen LogP contribution in [0.25, 0.3) is 0 Å². The number of anilines is 1. The number of nitrogen functional groups attached to an aromatic ring is 1. The number of nitrogens with zero attached hydrogens (tertiary/aromatic N) is 2. The van der Waals surface area contributed by atoms with Crippen LogP contribution in [0.4, 0.5) is 5.82 Å². The fourth-order valence-corrected chi connectivity index (χ4v) is 0.734. The predicted octanol–water partition coefficient (Wildman–Crippen LogP) is 1.36. The molecule has 0 amide bonds. The van der Waals surface area contributed by atoms with Crippen LogP contribution in [0, 0.1) is 0 Å². The van der Waals surface area contributed by atoms with E-state index in [-0.39, 0.29) is 5.41 Å². The molecule has 0 aliphatic rings. The maximum atomic E-state index is 5.50. The molecule has 0 fully saturated rings. The third-order valence-corrected chi connectivity index (χ3v) is 1.35. The average molecular weight is 151 g/mol. The van der Waals surface area contributed by atoms with Gasteiger partial charge in [0.05, 0.1) is 0 Å². The van der Waals surface area contributed by atoms with Gasteiger partial charge in [-0.2, -0.15) is 0 Å². The predicted molar refractivity (Wildman–Crippen MR) is 45.1 cm³/mol. The van der Waals surface area contributed by atoms with E-state index in [1.54, 1.807) is 12.3 Å². The summed E-state index contributed by atoms with van der Waals surface area (Å²) in [6.45, 7) is 6.17. The van der Waals surface area contributed by atoms with Crippen molar-refractivity contribution in [3.05, 3.63) is 18.1 Å². The molecule has 0 saturated heterocycles. The van der Waals surface area contributed by atoms with Gasteiger partial charge in [0.25, 0.3) is 0 Å². The lowest BCUT2D eigenvalue weighted by Crippen LogP contribution is -2.16. The summed E-state index contributed by atoms with van der Waals surface area (Å²) in [5.41, 5.74) is 5.49. The molecular weight excluding hydrogens is 138 g/mol. The fraction of sp³-hybridized carbons (Fsp3) is 0.500. The zero-order valence-corrected chi connectivity index (χ0v) is 7.13. The largest absolute Gasteiger partial charge is 0.384 e. The smallest absolute Gasteiger partial charge is 0.135 e. The van der Waals surface area contributed by atoms with Gasteiger partial charge in [-0.3, -0.25) is 0 Å². The van der Waals surface area contributed by atoms with E-state index in [2.05, 4.69) is 30.7 Å². The number of aromatic nitrogens is 2. The molecule has 0 spiro atoms. The number of hydrogen-bond acceptors (Lipinski definition) is 3. The molecule has 1 aromatic heterocycles. The quantitative estimate of drug-likeness (QED) is 0.609. The molecule has 0 atom stereocenters. The first-order valence-electron chi connectivity index (χ1n) is 3.59. The Morgan fingerprint density at radius 2 is 2.00 bits per heavy atom. The van der Waals surface area contributed by atoms with E-state index >= 15 is 0 Å². The molecule has 3 nitrogen and oxygen atoms in total. The van der Waals surface area contributed by atoms with Gasteiger partial charge in [0, 0.05) is 11.6 Å². The van der Waals surface area contributed by atoms with Crippen molar-refractivity contribution in [1.82, 2.24) is 9.97 Å². The van der Waals surface area contributed by atoms with Crippen LogP contribution in [-0.4, -0.2) is 9.97 Å². The Kier molecular flexibility index (Phi) is 1.81. The van der Waals surface area contributed by atoms with Crippen molar-refractivity contribution in [2.45, 2.75) is 26.2 Å². The topological polar surface area (TPSA) is 51.8 Å². The molecular formula is C8H13N3. The lowest BCUT2D eigenvalue weighted by atomic mass is 9.96. The first-order valence-corrected chi connectivity index (χ1v) is 3.59. The monoisotopic (exact) mass is 151 g/mol. The zero-order valence-electron chi connectivity index (χ0n) is 7.13. The van der Waals surface area contributed by atoms with E-state index in [1.807, 2.05) is 0 Å². The van der Waals surface area contributed by atoms with Gasteiger partial charge in [-0.1, -0.05) is 20.8 Å². The molecule has 0 aliphatic carbocycles. The standard InChI is InChI=1S/C8H13N3/c1-8(2,3)7-10-5-4-6(9)11-7/h4-5H,1-3H3,(H2,9,10,11). The van der Waals surface area contributed by atoms with Crippen molar-refractivity contribution in [3.63, 3.8) is 0 Å². The Hall–Kier alpha value is -1.12. The molecule has 0 aromatic carbocycles. The second-order valence-corrected chi connectivity index (χ2v) is 3.56. The Morgan fingerprint density at radius 3 is 2.36 bits per heavy atom. The average Bonchev–Trinajstić information content (AvgIpc) is 1.86. The molecule has 0 saturated carbocycles. The first kappa shape index (κ1) is 7.98. The highest BCUT2D eigenvalue weighted by atomic mass is 14.9. The molecule has 2 N–H and O–H groups in total. The Balaban J connectivity index is 3.06. The van der Waals surface area contributed by atoms with Gasteiger partial charge in [0.2, 0.25) is 0 Å². The van der Waals surface area contributed by atoms with Crippen molar-refractivity contribution >= 4 is 5.82 Å². The normalized spacial score (nSPS) is 11.5. The minimum absolute atomic E-state index is 0.0185. The maximum absolute atomic E-state index is 5.50. The molecule has 1 rings (SSSR count). The summed E-state index contributed by atoms with van der Waals surface area (Å²) in [7, 11) is 0. The Labute approximate surface area is 66.7 Å². The van der Waals surface area contributed by atoms with E-state index in [0.717, 1.165) is 5.82 Å². The minimum Gasteiger partial charge on any atom is -0.384 e. The van der Waals surface area contributed by atoms with Crippen LogP contribution in [0.15, 0.2) is 12.3 Å². The summed E-state index contributed by atoms with van der Waals surface area (Å²) in [5.74, 6) is 1.32. The summed E-state index contributed by atoms with van der Waals surface area (Å²) >= 11 is 0. The molecule has 3 heteroatoms. The summed E-state index contributed by atoms with van der Waals surface area (Å²) < 4.78 is 0. The van der Waals surface area contributed by atoms with Crippen LogP contribution >= 0.6 is 0 Å². The summed E-state index contributed by atoms with van der Waals surface area (Å²) in [6, 6.07) is 1.69. The van der Waals surface area contributed by atoms with Crippen molar-refractivity contribution in [2.75, 3.05) is 5.73 Å². The van der Waals surface area contributed by atoms with Crippen LogP contribution in [0.5, 0.6) is 0 Å². The molecule has 0 aliphatic heterocycles. The minimum atomic E-state index is -0.0185. The number of nitrogens with two attached hydrogens (primary N) is 1. The van der Waals surface area contributed by atoms with Crippen LogP contribution in [0.3, 0.4) is 0 Å². The summed E-state index contributed by atoms with van der Waals surface area (Å²) in [6.07, 6.45) is 1.68.